The smallest absolute Gasteiger partial charge is 0.206 e. The first-order chi connectivity index (χ1) is 14.0. The van der Waals surface area contributed by atoms with Crippen molar-refractivity contribution in [2.45, 2.75) is 25.7 Å². The van der Waals surface area contributed by atoms with Crippen LogP contribution in [-0.2, 0) is 4.79 Å². The van der Waals surface area contributed by atoms with Crippen LogP contribution in [0.15, 0.2) is 53.3 Å². The summed E-state index contributed by atoms with van der Waals surface area (Å²) in [7, 11) is 2.36. The zero-order valence-corrected chi connectivity index (χ0v) is 17.0. The Balaban J connectivity index is 1.51. The van der Waals surface area contributed by atoms with Crippen LogP contribution in [0.1, 0.15) is 25.7 Å². The van der Waals surface area contributed by atoms with Gasteiger partial charge in [0, 0.05) is 30.9 Å². The predicted molar refractivity (Wildman–Crippen MR) is 116 cm³/mol. The molecule has 1 aliphatic heterocycles. The lowest BCUT2D eigenvalue weighted by Gasteiger charge is -2.37. The van der Waals surface area contributed by atoms with Gasteiger partial charge in [0.25, 0.3) is 0 Å². The Kier molecular flexibility index (Phi) is 5.49. The number of likely N-dealkylation sites (tertiary alicyclic amines) is 1. The molecule has 0 radical (unpaired) electrons. The van der Waals surface area contributed by atoms with Crippen molar-refractivity contribution < 1.29 is 9.28 Å². The van der Waals surface area contributed by atoms with Crippen molar-refractivity contribution >= 4 is 28.5 Å². The zero-order chi connectivity index (χ0) is 20.3. The molecule has 4 rings (SSSR count). The molecule has 0 spiro atoms. The Morgan fingerprint density at radius 1 is 1.24 bits per heavy atom. The van der Waals surface area contributed by atoms with Crippen LogP contribution in [0.3, 0.4) is 0 Å². The second kappa shape index (κ2) is 8.21. The molecular weight excluding hydrogens is 364 g/mol. The molecule has 7 nitrogen and oxygen atoms in total. The molecule has 3 heterocycles. The number of aromatic nitrogens is 2. The van der Waals surface area contributed by atoms with Crippen molar-refractivity contribution in [1.29, 1.82) is 0 Å². The van der Waals surface area contributed by atoms with Crippen LogP contribution in [0.4, 0.5) is 11.5 Å². The molecule has 152 valence electrons. The third-order valence-electron chi connectivity index (χ3n) is 5.79. The number of carbonyl (C=O) groups is 1. The quantitative estimate of drug-likeness (QED) is 0.449. The summed E-state index contributed by atoms with van der Waals surface area (Å²) in [6.45, 7) is 4.54. The second-order valence-corrected chi connectivity index (χ2v) is 8.20. The first-order valence-electron chi connectivity index (χ1n) is 10.4. The maximum Gasteiger partial charge on any atom is 0.206 e. The van der Waals surface area contributed by atoms with Crippen molar-refractivity contribution in [3.05, 3.63) is 48.3 Å². The number of hydrogen-bond acceptors (Lipinski definition) is 5. The van der Waals surface area contributed by atoms with E-state index in [1.54, 1.807) is 16.7 Å². The summed E-state index contributed by atoms with van der Waals surface area (Å²) in [5.74, 6) is 0.516. The lowest BCUT2D eigenvalue weighted by Crippen LogP contribution is -2.48. The van der Waals surface area contributed by atoms with Gasteiger partial charge in [0.1, 0.15) is 11.4 Å². The van der Waals surface area contributed by atoms with E-state index in [1.165, 1.54) is 38.4 Å². The minimum absolute atomic E-state index is 0.186. The van der Waals surface area contributed by atoms with Gasteiger partial charge in [-0.25, -0.2) is 9.51 Å². The van der Waals surface area contributed by atoms with Gasteiger partial charge in [0.2, 0.25) is 5.78 Å². The maximum absolute atomic E-state index is 12.3. The summed E-state index contributed by atoms with van der Waals surface area (Å²) in [6.07, 6.45) is 11.7. The van der Waals surface area contributed by atoms with Crippen LogP contribution in [0, 0.1) is 0 Å². The Hall–Kier alpha value is -2.93. The summed E-state index contributed by atoms with van der Waals surface area (Å²) in [4.78, 5) is 16.9. The Labute approximate surface area is 171 Å². The number of nitrogens with two attached hydrogens (primary N) is 1. The number of carbonyl (C=O) groups excluding carboxylic acids is 1. The highest BCUT2D eigenvalue weighted by Gasteiger charge is 2.24. The topological polar surface area (TPSA) is 84.8 Å². The largest absolute Gasteiger partial charge is 0.399 e. The van der Waals surface area contributed by atoms with Crippen LogP contribution >= 0.6 is 0 Å². The average Bonchev–Trinajstić information content (AvgIpc) is 3.05. The van der Waals surface area contributed by atoms with Gasteiger partial charge >= 0.3 is 0 Å². The number of aliphatic imine (C=N–C) groups is 1. The number of piperidine rings is 1. The number of allylic oxidation sites excluding steroid dienone is 3. The standard InChI is InChI=1S/C22H28N6O/c1-28(13-5-2-6-14-28)15-7-11-24-22-21(19-8-3-4-12-27(19)26-22)25-18-10-9-17(23)16-20(18)29/h3-4,8-10,12,16H,2,5-7,11,13-15H2,1H3,(H2-,23,24,26,29)/p+1. The van der Waals surface area contributed by atoms with Gasteiger partial charge in [0.15, 0.2) is 5.82 Å². The molecule has 0 saturated carbocycles. The third kappa shape index (κ3) is 4.40. The van der Waals surface area contributed by atoms with E-state index in [0.717, 1.165) is 29.5 Å². The lowest BCUT2D eigenvalue weighted by atomic mass is 10.1. The minimum atomic E-state index is -0.186. The monoisotopic (exact) mass is 393 g/mol. The van der Waals surface area contributed by atoms with E-state index in [-0.39, 0.29) is 5.78 Å². The van der Waals surface area contributed by atoms with E-state index in [0.29, 0.717) is 22.9 Å². The van der Waals surface area contributed by atoms with Crippen molar-refractivity contribution in [3.8, 4) is 0 Å². The molecule has 0 aromatic carbocycles. The van der Waals surface area contributed by atoms with Crippen LogP contribution < -0.4 is 11.1 Å². The molecule has 0 atom stereocenters. The van der Waals surface area contributed by atoms with Crippen molar-refractivity contribution in [1.82, 2.24) is 9.61 Å². The molecule has 1 saturated heterocycles. The summed E-state index contributed by atoms with van der Waals surface area (Å²) in [5.41, 5.74) is 8.06. The van der Waals surface area contributed by atoms with Crippen LogP contribution in [0.2, 0.25) is 0 Å². The van der Waals surface area contributed by atoms with E-state index in [9.17, 15) is 4.79 Å². The molecule has 1 aliphatic carbocycles. The first kappa shape index (κ1) is 19.4. The third-order valence-corrected chi connectivity index (χ3v) is 5.79. The van der Waals surface area contributed by atoms with E-state index in [4.69, 9.17) is 5.73 Å². The van der Waals surface area contributed by atoms with Gasteiger partial charge < -0.3 is 15.5 Å². The number of hydrogen-bond donors (Lipinski definition) is 2. The number of rotatable bonds is 6. The SMILES string of the molecule is C[N+]1(CCCNc2nn3ccccc3c2N=C2C=CC(N)=CC2=O)CCCCC1. The van der Waals surface area contributed by atoms with E-state index in [1.807, 2.05) is 24.4 Å². The second-order valence-electron chi connectivity index (χ2n) is 8.20. The number of nitrogens with zero attached hydrogens (tertiary/aromatic N) is 4. The van der Waals surface area contributed by atoms with E-state index < -0.39 is 0 Å². The molecule has 2 aliphatic rings. The fourth-order valence-corrected chi connectivity index (χ4v) is 4.13. The van der Waals surface area contributed by atoms with Crippen molar-refractivity contribution in [3.63, 3.8) is 0 Å². The number of anilines is 1. The average molecular weight is 394 g/mol. The van der Waals surface area contributed by atoms with E-state index in [2.05, 4.69) is 22.5 Å². The van der Waals surface area contributed by atoms with E-state index >= 15 is 0 Å². The van der Waals surface area contributed by atoms with Crippen LogP contribution in [0.25, 0.3) is 5.52 Å². The number of pyridine rings is 1. The summed E-state index contributed by atoms with van der Waals surface area (Å²) in [6, 6.07) is 5.83. The summed E-state index contributed by atoms with van der Waals surface area (Å²) < 4.78 is 2.95. The molecule has 0 bridgehead atoms. The fraction of sp³-hybridized carbons (Fsp3) is 0.409. The van der Waals surface area contributed by atoms with Crippen LogP contribution in [0.5, 0.6) is 0 Å². The Morgan fingerprint density at radius 2 is 2.07 bits per heavy atom. The molecule has 29 heavy (non-hydrogen) atoms. The van der Waals surface area contributed by atoms with Crippen LogP contribution in [-0.4, -0.2) is 58.8 Å². The van der Waals surface area contributed by atoms with Crippen molar-refractivity contribution in [2.75, 3.05) is 38.5 Å². The molecule has 7 heteroatoms. The molecule has 0 unspecified atom stereocenters. The van der Waals surface area contributed by atoms with Gasteiger partial charge in [-0.2, -0.15) is 0 Å². The highest BCUT2D eigenvalue weighted by molar-refractivity contribution is 6.49. The van der Waals surface area contributed by atoms with Gasteiger partial charge in [0.05, 0.1) is 32.2 Å². The summed E-state index contributed by atoms with van der Waals surface area (Å²) in [5, 5.41) is 8.09. The minimum Gasteiger partial charge on any atom is -0.399 e. The first-order valence-corrected chi connectivity index (χ1v) is 10.4. The Bertz CT molecular complexity index is 994. The molecule has 2 aromatic rings. The molecule has 0 amide bonds. The normalized spacial score (nSPS) is 20.2. The zero-order valence-electron chi connectivity index (χ0n) is 17.0. The molecule has 3 N–H and O–H groups in total. The van der Waals surface area contributed by atoms with Crippen molar-refractivity contribution in [2.24, 2.45) is 10.7 Å². The molecular formula is C22H29N6O+. The maximum atomic E-state index is 12.3. The van der Waals surface area contributed by atoms with Gasteiger partial charge in [-0.3, -0.25) is 4.79 Å². The number of nitrogens with one attached hydrogen (secondary N) is 1. The van der Waals surface area contributed by atoms with Gasteiger partial charge in [-0.05, 0) is 43.5 Å². The lowest BCUT2D eigenvalue weighted by molar-refractivity contribution is -0.914. The summed E-state index contributed by atoms with van der Waals surface area (Å²) >= 11 is 0. The highest BCUT2D eigenvalue weighted by Crippen LogP contribution is 2.30. The number of ketones is 1. The molecule has 1 fully saturated rings. The predicted octanol–water partition coefficient (Wildman–Crippen LogP) is 2.82. The molecule has 2 aromatic heterocycles. The van der Waals surface area contributed by atoms with Gasteiger partial charge in [-0.1, -0.05) is 6.07 Å². The highest BCUT2D eigenvalue weighted by atomic mass is 16.1. The Morgan fingerprint density at radius 3 is 2.86 bits per heavy atom. The fourth-order valence-electron chi connectivity index (χ4n) is 4.13. The number of quaternary nitrogens is 1. The van der Waals surface area contributed by atoms with Gasteiger partial charge in [-0.15, -0.1) is 5.10 Å². The number of fused-ring (bicyclic) bond motifs is 1.